The van der Waals surface area contributed by atoms with Crippen LogP contribution in [0.15, 0.2) is 0 Å². The van der Waals surface area contributed by atoms with Gasteiger partial charge >= 0.3 is 0 Å². The summed E-state index contributed by atoms with van der Waals surface area (Å²) in [6.07, 6.45) is 3.98. The molecule has 90 valence electrons. The molecule has 0 aromatic rings. The van der Waals surface area contributed by atoms with Gasteiger partial charge in [0, 0.05) is 5.88 Å². The molecule has 0 atom stereocenters. The second-order valence-corrected chi connectivity index (χ2v) is 16.2. The summed E-state index contributed by atoms with van der Waals surface area (Å²) in [6, 6.07) is 3.01. The Morgan fingerprint density at radius 1 is 1.00 bits per heavy atom. The van der Waals surface area contributed by atoms with Gasteiger partial charge in [-0.3, -0.25) is 0 Å². The van der Waals surface area contributed by atoms with Crippen molar-refractivity contribution in [1.29, 1.82) is 0 Å². The van der Waals surface area contributed by atoms with E-state index in [-0.39, 0.29) is 0 Å². The van der Waals surface area contributed by atoms with E-state index in [9.17, 15) is 0 Å². The van der Waals surface area contributed by atoms with Crippen molar-refractivity contribution < 1.29 is 0 Å². The smallest absolute Gasteiger partial charge is 0.115 e. The second kappa shape index (κ2) is 5.34. The topological polar surface area (TPSA) is 3.24 Å². The van der Waals surface area contributed by atoms with Crippen LogP contribution in [0.4, 0.5) is 0 Å². The predicted molar refractivity (Wildman–Crippen MR) is 75.9 cm³/mol. The van der Waals surface area contributed by atoms with Crippen molar-refractivity contribution in [3.05, 3.63) is 0 Å². The van der Waals surface area contributed by atoms with Crippen molar-refractivity contribution >= 4 is 28.1 Å². The lowest BCUT2D eigenvalue weighted by molar-refractivity contribution is 0.547. The molecule has 15 heavy (non-hydrogen) atoms. The number of nitrogens with zero attached hydrogens (tertiary/aromatic N) is 1. The molecule has 0 N–H and O–H groups in total. The second-order valence-electron chi connectivity index (χ2n) is 6.03. The summed E-state index contributed by atoms with van der Waals surface area (Å²) in [6.45, 7) is 11.6. The lowest BCUT2D eigenvalue weighted by atomic mass is 10.3. The molecule has 0 saturated carbocycles. The molecule has 1 aliphatic heterocycles. The van der Waals surface area contributed by atoms with Crippen LogP contribution in [0.5, 0.6) is 0 Å². The third kappa shape index (κ3) is 3.58. The predicted octanol–water partition coefficient (Wildman–Crippen LogP) is 4.12. The minimum absolute atomic E-state index is 0.831. The van der Waals surface area contributed by atoms with Crippen LogP contribution in [0.25, 0.3) is 0 Å². The molecule has 1 fully saturated rings. The molecule has 0 amide bonds. The summed E-state index contributed by atoms with van der Waals surface area (Å²) >= 11 is 5.77. The Balaban J connectivity index is 2.60. The number of halogens is 1. The number of unbranched alkanes of at least 4 members (excludes halogenated alkanes) is 1. The molecule has 0 aromatic heterocycles. The largest absolute Gasteiger partial charge is 0.345 e. The van der Waals surface area contributed by atoms with Gasteiger partial charge in [0.25, 0.3) is 0 Å². The highest BCUT2D eigenvalue weighted by Crippen LogP contribution is 2.34. The van der Waals surface area contributed by atoms with Gasteiger partial charge in [-0.05, 0) is 31.5 Å². The Morgan fingerprint density at radius 3 is 2.00 bits per heavy atom. The van der Waals surface area contributed by atoms with Crippen molar-refractivity contribution in [2.75, 3.05) is 12.4 Å². The van der Waals surface area contributed by atoms with Gasteiger partial charge in [-0.2, -0.15) is 0 Å². The molecule has 0 aromatic carbocycles. The van der Waals surface area contributed by atoms with Gasteiger partial charge < -0.3 is 4.23 Å². The maximum Gasteiger partial charge on any atom is 0.115 e. The molecule has 1 heterocycles. The Hall–Kier alpha value is 0.684. The molecule has 0 aliphatic carbocycles. The van der Waals surface area contributed by atoms with Gasteiger partial charge in [-0.25, -0.2) is 0 Å². The minimum Gasteiger partial charge on any atom is -0.345 e. The van der Waals surface area contributed by atoms with Crippen LogP contribution >= 0.6 is 11.6 Å². The third-order valence-corrected chi connectivity index (χ3v) is 14.2. The van der Waals surface area contributed by atoms with Gasteiger partial charge in [0.2, 0.25) is 0 Å². The Kier molecular flexibility index (Phi) is 4.90. The number of alkyl halides is 1. The van der Waals surface area contributed by atoms with Crippen molar-refractivity contribution in [3.63, 3.8) is 0 Å². The molecular weight excluding hydrogens is 238 g/mol. The van der Waals surface area contributed by atoms with E-state index >= 15 is 0 Å². The third-order valence-electron chi connectivity index (χ3n) is 3.80. The summed E-state index contributed by atoms with van der Waals surface area (Å²) < 4.78 is 2.97. The maximum absolute atomic E-state index is 5.77. The Bertz CT molecular complexity index is 191. The quantitative estimate of drug-likeness (QED) is 0.419. The van der Waals surface area contributed by atoms with E-state index in [1.54, 1.807) is 0 Å². The monoisotopic (exact) mass is 263 g/mol. The van der Waals surface area contributed by atoms with Gasteiger partial charge in [0.15, 0.2) is 0 Å². The molecule has 0 spiro atoms. The van der Waals surface area contributed by atoms with Crippen LogP contribution in [-0.2, 0) is 0 Å². The van der Waals surface area contributed by atoms with Gasteiger partial charge in [-0.1, -0.05) is 32.6 Å². The first-order valence-electron chi connectivity index (χ1n) is 6.24. The van der Waals surface area contributed by atoms with Crippen molar-refractivity contribution in [2.45, 2.75) is 57.5 Å². The zero-order valence-corrected chi connectivity index (χ0v) is 13.5. The molecule has 0 bridgehead atoms. The normalized spacial score (nSPS) is 25.4. The van der Waals surface area contributed by atoms with E-state index in [1.165, 1.54) is 37.9 Å². The van der Waals surface area contributed by atoms with E-state index in [2.05, 4.69) is 30.4 Å². The molecule has 1 aliphatic rings. The number of rotatable bonds is 4. The summed E-state index contributed by atoms with van der Waals surface area (Å²) in [4.78, 5) is 0. The van der Waals surface area contributed by atoms with Crippen LogP contribution in [0, 0.1) is 0 Å². The van der Waals surface area contributed by atoms with Crippen molar-refractivity contribution in [3.8, 4) is 0 Å². The van der Waals surface area contributed by atoms with Crippen LogP contribution in [0.2, 0.25) is 38.3 Å². The number of hydrogen-bond acceptors (Lipinski definition) is 1. The van der Waals surface area contributed by atoms with Crippen molar-refractivity contribution in [2.24, 2.45) is 0 Å². The first kappa shape index (κ1) is 13.7. The standard InChI is InChI=1S/C11H26ClNSi2/c1-14(2)10-7-11-15(3,4)13(14)9-6-5-8-12/h5-11H2,1-4H3. The highest BCUT2D eigenvalue weighted by atomic mass is 35.5. The molecule has 0 radical (unpaired) electrons. The van der Waals surface area contributed by atoms with Gasteiger partial charge in [0.1, 0.15) is 16.5 Å². The summed E-state index contributed by atoms with van der Waals surface area (Å²) in [7, 11) is -2.11. The SMILES string of the molecule is C[Si]1(C)CCC[Si](C)(C)N1CCCCCl. The Labute approximate surface area is 102 Å². The summed E-state index contributed by atoms with van der Waals surface area (Å²) in [5.41, 5.74) is 0. The number of hydrogen-bond donors (Lipinski definition) is 0. The molecule has 1 rings (SSSR count). The molecular formula is C11H26ClNSi2. The zero-order valence-electron chi connectivity index (χ0n) is 10.8. The van der Waals surface area contributed by atoms with Crippen LogP contribution < -0.4 is 0 Å². The first-order valence-corrected chi connectivity index (χ1v) is 13.1. The van der Waals surface area contributed by atoms with Crippen LogP contribution in [0.1, 0.15) is 19.3 Å². The van der Waals surface area contributed by atoms with Gasteiger partial charge in [-0.15, -0.1) is 11.6 Å². The lowest BCUT2D eigenvalue weighted by Gasteiger charge is -2.51. The average molecular weight is 264 g/mol. The average Bonchev–Trinajstić information content (AvgIpc) is 2.09. The fraction of sp³-hybridized carbons (Fsp3) is 1.00. The molecule has 1 nitrogen and oxygen atoms in total. The summed E-state index contributed by atoms with van der Waals surface area (Å²) in [5.74, 6) is 0.831. The lowest BCUT2D eigenvalue weighted by Crippen LogP contribution is -2.64. The maximum atomic E-state index is 5.77. The van der Waals surface area contributed by atoms with Crippen molar-refractivity contribution in [1.82, 2.24) is 4.23 Å². The fourth-order valence-electron chi connectivity index (χ4n) is 3.01. The van der Waals surface area contributed by atoms with E-state index < -0.39 is 16.5 Å². The Morgan fingerprint density at radius 2 is 1.53 bits per heavy atom. The fourth-order valence-corrected chi connectivity index (χ4v) is 14.9. The van der Waals surface area contributed by atoms with Gasteiger partial charge in [0.05, 0.1) is 0 Å². The highest BCUT2D eigenvalue weighted by molar-refractivity contribution is 6.91. The molecule has 4 heteroatoms. The van der Waals surface area contributed by atoms with Crippen LogP contribution in [-0.4, -0.2) is 33.1 Å². The van der Waals surface area contributed by atoms with E-state index in [4.69, 9.17) is 11.6 Å². The molecule has 1 saturated heterocycles. The van der Waals surface area contributed by atoms with E-state index in [1.807, 2.05) is 0 Å². The minimum atomic E-state index is -1.05. The van der Waals surface area contributed by atoms with E-state index in [0.717, 1.165) is 5.88 Å². The highest BCUT2D eigenvalue weighted by Gasteiger charge is 2.43. The zero-order chi connectivity index (χ0) is 11.5. The van der Waals surface area contributed by atoms with E-state index in [0.29, 0.717) is 0 Å². The first-order chi connectivity index (χ1) is 6.90. The molecule has 0 unspecified atom stereocenters. The summed E-state index contributed by atoms with van der Waals surface area (Å²) in [5, 5.41) is 0. The van der Waals surface area contributed by atoms with Crippen LogP contribution in [0.3, 0.4) is 0 Å².